The topological polar surface area (TPSA) is 38.1 Å². The van der Waals surface area contributed by atoms with Gasteiger partial charge in [0.1, 0.15) is 0 Å². The molecule has 72 valence electrons. The molecule has 1 unspecified atom stereocenters. The summed E-state index contributed by atoms with van der Waals surface area (Å²) in [5, 5.41) is 7.20. The van der Waals surface area contributed by atoms with Gasteiger partial charge in [-0.15, -0.1) is 0 Å². The zero-order valence-corrected chi connectivity index (χ0v) is 8.26. The molecule has 0 aromatic carbocycles. The summed E-state index contributed by atoms with van der Waals surface area (Å²) in [4.78, 5) is 0. The van der Waals surface area contributed by atoms with Gasteiger partial charge in [-0.05, 0) is 32.2 Å². The first kappa shape index (κ1) is 8.75. The van der Waals surface area contributed by atoms with Crippen molar-refractivity contribution in [2.75, 3.05) is 7.05 Å². The van der Waals surface area contributed by atoms with Crippen molar-refractivity contribution in [3.05, 3.63) is 17.0 Å². The Hall–Kier alpha value is -0.830. The molecule has 1 aromatic rings. The van der Waals surface area contributed by atoms with Crippen LogP contribution in [0.3, 0.4) is 0 Å². The van der Waals surface area contributed by atoms with Crippen LogP contribution in [-0.2, 0) is 19.4 Å². The van der Waals surface area contributed by atoms with Crippen LogP contribution in [0, 0.1) is 5.92 Å². The molecule has 1 aromatic heterocycles. The molecule has 1 aliphatic carbocycles. The lowest BCUT2D eigenvalue weighted by Gasteiger charge is -2.16. The zero-order valence-electron chi connectivity index (χ0n) is 8.26. The zero-order chi connectivity index (χ0) is 9.26. The smallest absolute Gasteiger partial charge is 0.153 e. The van der Waals surface area contributed by atoms with E-state index in [4.69, 9.17) is 4.52 Å². The van der Waals surface area contributed by atoms with Crippen molar-refractivity contribution in [1.82, 2.24) is 10.5 Å². The van der Waals surface area contributed by atoms with E-state index in [1.807, 2.05) is 7.05 Å². The van der Waals surface area contributed by atoms with E-state index in [9.17, 15) is 0 Å². The quantitative estimate of drug-likeness (QED) is 0.749. The maximum atomic E-state index is 5.29. The van der Waals surface area contributed by atoms with Crippen LogP contribution >= 0.6 is 0 Å². The maximum absolute atomic E-state index is 5.29. The number of aromatic nitrogens is 1. The molecule has 2 rings (SSSR count). The monoisotopic (exact) mass is 180 g/mol. The first-order chi connectivity index (χ1) is 6.31. The van der Waals surface area contributed by atoms with Crippen LogP contribution in [0.25, 0.3) is 0 Å². The number of nitrogens with one attached hydrogen (secondary N) is 1. The highest BCUT2D eigenvalue weighted by Gasteiger charge is 2.22. The number of hydrogen-bond acceptors (Lipinski definition) is 3. The molecule has 1 heterocycles. The average Bonchev–Trinajstić information content (AvgIpc) is 2.49. The second-order valence-corrected chi connectivity index (χ2v) is 3.91. The summed E-state index contributed by atoms with van der Waals surface area (Å²) in [6.45, 7) is 3.09. The molecule has 1 N–H and O–H groups in total. The summed E-state index contributed by atoms with van der Waals surface area (Å²) in [7, 11) is 1.93. The predicted molar refractivity (Wildman–Crippen MR) is 50.5 cm³/mol. The van der Waals surface area contributed by atoms with Crippen molar-refractivity contribution in [2.24, 2.45) is 5.92 Å². The Balaban J connectivity index is 2.25. The van der Waals surface area contributed by atoms with Gasteiger partial charge in [0.15, 0.2) is 5.76 Å². The molecular formula is C10H16N2O. The van der Waals surface area contributed by atoms with Gasteiger partial charge in [-0.3, -0.25) is 0 Å². The molecule has 0 spiro atoms. The highest BCUT2D eigenvalue weighted by atomic mass is 16.5. The third kappa shape index (κ3) is 1.61. The molecule has 0 radical (unpaired) electrons. The molecule has 0 bridgehead atoms. The molecule has 0 aliphatic heterocycles. The van der Waals surface area contributed by atoms with Crippen LogP contribution in [0.2, 0.25) is 0 Å². The Morgan fingerprint density at radius 3 is 3.23 bits per heavy atom. The minimum absolute atomic E-state index is 0.780. The van der Waals surface area contributed by atoms with Crippen molar-refractivity contribution >= 4 is 0 Å². The molecule has 0 amide bonds. The van der Waals surface area contributed by atoms with E-state index in [-0.39, 0.29) is 0 Å². The summed E-state index contributed by atoms with van der Waals surface area (Å²) in [5.74, 6) is 1.81. The normalized spacial score (nSPS) is 21.5. The second kappa shape index (κ2) is 3.50. The molecule has 3 heteroatoms. The Morgan fingerprint density at radius 2 is 2.46 bits per heavy atom. The SMILES string of the molecule is CNCc1onc2c1CC(C)CC2. The van der Waals surface area contributed by atoms with E-state index in [1.165, 1.54) is 17.7 Å². The largest absolute Gasteiger partial charge is 0.359 e. The van der Waals surface area contributed by atoms with Crippen LogP contribution in [0.4, 0.5) is 0 Å². The molecule has 13 heavy (non-hydrogen) atoms. The van der Waals surface area contributed by atoms with Crippen molar-refractivity contribution in [3.8, 4) is 0 Å². The van der Waals surface area contributed by atoms with Crippen molar-refractivity contribution in [2.45, 2.75) is 32.7 Å². The summed E-state index contributed by atoms with van der Waals surface area (Å²) < 4.78 is 5.29. The third-order valence-electron chi connectivity index (χ3n) is 2.71. The van der Waals surface area contributed by atoms with Gasteiger partial charge in [0.25, 0.3) is 0 Å². The van der Waals surface area contributed by atoms with Gasteiger partial charge >= 0.3 is 0 Å². The van der Waals surface area contributed by atoms with Gasteiger partial charge in [0, 0.05) is 5.56 Å². The molecule has 1 aliphatic rings. The van der Waals surface area contributed by atoms with Crippen molar-refractivity contribution in [3.63, 3.8) is 0 Å². The number of aryl methyl sites for hydroxylation is 1. The first-order valence-electron chi connectivity index (χ1n) is 4.92. The Kier molecular flexibility index (Phi) is 2.36. The standard InChI is InChI=1S/C10H16N2O/c1-7-3-4-9-8(5-7)10(6-11-2)13-12-9/h7,11H,3-6H2,1-2H3. The van der Waals surface area contributed by atoms with Gasteiger partial charge in [0.05, 0.1) is 12.2 Å². The molecule has 0 fully saturated rings. The van der Waals surface area contributed by atoms with E-state index >= 15 is 0 Å². The Bertz CT molecular complexity index is 293. The van der Waals surface area contributed by atoms with E-state index in [2.05, 4.69) is 17.4 Å². The van der Waals surface area contributed by atoms with Gasteiger partial charge < -0.3 is 9.84 Å². The number of hydrogen-bond donors (Lipinski definition) is 1. The van der Waals surface area contributed by atoms with Crippen LogP contribution in [0.5, 0.6) is 0 Å². The average molecular weight is 180 g/mol. The lowest BCUT2D eigenvalue weighted by molar-refractivity contribution is 0.371. The minimum Gasteiger partial charge on any atom is -0.359 e. The fourth-order valence-corrected chi connectivity index (χ4v) is 1.94. The molecule has 1 atom stereocenters. The van der Waals surface area contributed by atoms with Crippen LogP contribution in [-0.4, -0.2) is 12.2 Å². The fraction of sp³-hybridized carbons (Fsp3) is 0.700. The number of nitrogens with zero attached hydrogens (tertiary/aromatic N) is 1. The van der Waals surface area contributed by atoms with Crippen molar-refractivity contribution < 1.29 is 4.52 Å². The van der Waals surface area contributed by atoms with Crippen LogP contribution in [0.1, 0.15) is 30.4 Å². The lowest BCUT2D eigenvalue weighted by Crippen LogP contribution is -2.13. The van der Waals surface area contributed by atoms with Crippen LogP contribution < -0.4 is 5.32 Å². The van der Waals surface area contributed by atoms with Crippen LogP contribution in [0.15, 0.2) is 4.52 Å². The van der Waals surface area contributed by atoms with Crippen molar-refractivity contribution in [1.29, 1.82) is 0 Å². The number of fused-ring (bicyclic) bond motifs is 1. The lowest BCUT2D eigenvalue weighted by atomic mass is 9.88. The third-order valence-corrected chi connectivity index (χ3v) is 2.71. The Morgan fingerprint density at radius 1 is 1.62 bits per heavy atom. The highest BCUT2D eigenvalue weighted by Crippen LogP contribution is 2.27. The second-order valence-electron chi connectivity index (χ2n) is 3.91. The Labute approximate surface area is 78.5 Å². The number of rotatable bonds is 2. The summed E-state index contributed by atoms with van der Waals surface area (Å²) in [5.41, 5.74) is 2.54. The highest BCUT2D eigenvalue weighted by molar-refractivity contribution is 5.25. The minimum atomic E-state index is 0.780. The summed E-state index contributed by atoms with van der Waals surface area (Å²) in [6, 6.07) is 0. The summed E-state index contributed by atoms with van der Waals surface area (Å²) >= 11 is 0. The van der Waals surface area contributed by atoms with E-state index < -0.39 is 0 Å². The summed E-state index contributed by atoms with van der Waals surface area (Å²) in [6.07, 6.45) is 3.47. The van der Waals surface area contributed by atoms with Gasteiger partial charge in [0.2, 0.25) is 0 Å². The first-order valence-corrected chi connectivity index (χ1v) is 4.92. The van der Waals surface area contributed by atoms with Gasteiger partial charge in [-0.1, -0.05) is 12.1 Å². The molecular weight excluding hydrogens is 164 g/mol. The van der Waals surface area contributed by atoms with Gasteiger partial charge in [-0.2, -0.15) is 0 Å². The van der Waals surface area contributed by atoms with E-state index in [0.29, 0.717) is 0 Å². The fourth-order valence-electron chi connectivity index (χ4n) is 1.94. The molecule has 3 nitrogen and oxygen atoms in total. The molecule has 0 saturated heterocycles. The van der Waals surface area contributed by atoms with E-state index in [0.717, 1.165) is 31.1 Å². The molecule has 0 saturated carbocycles. The van der Waals surface area contributed by atoms with E-state index in [1.54, 1.807) is 0 Å². The predicted octanol–water partition coefficient (Wildman–Crippen LogP) is 1.52. The van der Waals surface area contributed by atoms with Gasteiger partial charge in [-0.25, -0.2) is 0 Å². The maximum Gasteiger partial charge on any atom is 0.153 e.